The van der Waals surface area contributed by atoms with Gasteiger partial charge < -0.3 is 4.90 Å². The Labute approximate surface area is 141 Å². The van der Waals surface area contributed by atoms with Gasteiger partial charge in [-0.3, -0.25) is 0 Å². The molecule has 2 rings (SSSR count). The van der Waals surface area contributed by atoms with Crippen LogP contribution in [0.1, 0.15) is 13.3 Å². The average molecular weight is 354 g/mol. The maximum atomic E-state index is 13.6. The number of hydrogen-bond donors (Lipinski definition) is 1. The molecule has 0 aliphatic rings. The smallest absolute Gasteiger partial charge is 0.243 e. The Kier molecular flexibility index (Phi) is 6.28. The van der Waals surface area contributed by atoms with Crippen LogP contribution in [0, 0.1) is 11.6 Å². The van der Waals surface area contributed by atoms with Crippen molar-refractivity contribution in [1.29, 1.82) is 0 Å². The Bertz CT molecular complexity index is 767. The Morgan fingerprint density at radius 2 is 1.79 bits per heavy atom. The Morgan fingerprint density at radius 1 is 1.08 bits per heavy atom. The summed E-state index contributed by atoms with van der Waals surface area (Å²) in [5.74, 6) is -1.76. The quantitative estimate of drug-likeness (QED) is 0.741. The molecule has 0 aliphatic carbocycles. The second-order valence-electron chi connectivity index (χ2n) is 5.24. The van der Waals surface area contributed by atoms with Gasteiger partial charge in [-0.05, 0) is 43.7 Å². The van der Waals surface area contributed by atoms with Crippen LogP contribution in [0.4, 0.5) is 14.5 Å². The van der Waals surface area contributed by atoms with Crippen LogP contribution in [0.3, 0.4) is 0 Å². The van der Waals surface area contributed by atoms with Gasteiger partial charge in [0, 0.05) is 25.3 Å². The highest BCUT2D eigenvalue weighted by Crippen LogP contribution is 2.16. The third-order valence-electron chi connectivity index (χ3n) is 3.58. The first-order valence-electron chi connectivity index (χ1n) is 7.68. The largest absolute Gasteiger partial charge is 0.372 e. The number of hydrogen-bond acceptors (Lipinski definition) is 3. The molecule has 7 heteroatoms. The Hall–Kier alpha value is -1.99. The molecule has 0 unspecified atom stereocenters. The number of rotatable bonds is 8. The van der Waals surface area contributed by atoms with Gasteiger partial charge in [0.1, 0.15) is 16.5 Å². The van der Waals surface area contributed by atoms with Crippen molar-refractivity contribution >= 4 is 15.7 Å². The first-order chi connectivity index (χ1) is 11.4. The number of nitrogens with zero attached hydrogens (tertiary/aromatic N) is 1. The predicted octanol–water partition coefficient (Wildman–Crippen LogP) is 3.16. The van der Waals surface area contributed by atoms with Crippen LogP contribution in [-0.2, 0) is 10.0 Å². The molecule has 4 nitrogen and oxygen atoms in total. The molecule has 0 fully saturated rings. The molecule has 0 spiro atoms. The van der Waals surface area contributed by atoms with Crippen molar-refractivity contribution in [3.63, 3.8) is 0 Å². The van der Waals surface area contributed by atoms with E-state index in [1.54, 1.807) is 0 Å². The number of para-hydroxylation sites is 1. The molecular formula is C17H20F2N2O2S. The molecule has 2 aromatic rings. The van der Waals surface area contributed by atoms with Crippen molar-refractivity contribution in [1.82, 2.24) is 4.72 Å². The number of nitrogens with one attached hydrogen (secondary N) is 1. The minimum absolute atomic E-state index is 0.140. The maximum absolute atomic E-state index is 13.6. The lowest BCUT2D eigenvalue weighted by molar-refractivity contribution is 0.544. The van der Waals surface area contributed by atoms with Crippen LogP contribution in [-0.4, -0.2) is 28.1 Å². The normalized spacial score (nSPS) is 11.5. The SMILES string of the molecule is CCN(CCCNS(=O)(=O)c1cc(F)ccc1F)c1ccccc1. The fourth-order valence-electron chi connectivity index (χ4n) is 2.35. The summed E-state index contributed by atoms with van der Waals surface area (Å²) in [6, 6.07) is 12.1. The number of sulfonamides is 1. The van der Waals surface area contributed by atoms with Crippen LogP contribution >= 0.6 is 0 Å². The Morgan fingerprint density at radius 3 is 2.46 bits per heavy atom. The van der Waals surface area contributed by atoms with Gasteiger partial charge in [0.05, 0.1) is 0 Å². The van der Waals surface area contributed by atoms with E-state index in [0.29, 0.717) is 19.0 Å². The molecular weight excluding hydrogens is 334 g/mol. The van der Waals surface area contributed by atoms with E-state index in [0.717, 1.165) is 24.4 Å². The molecule has 0 aromatic heterocycles. The van der Waals surface area contributed by atoms with E-state index in [1.807, 2.05) is 37.3 Å². The first kappa shape index (κ1) is 18.4. The van der Waals surface area contributed by atoms with Gasteiger partial charge in [-0.15, -0.1) is 0 Å². The molecule has 130 valence electrons. The molecule has 24 heavy (non-hydrogen) atoms. The van der Waals surface area contributed by atoms with E-state index in [1.165, 1.54) is 0 Å². The number of benzene rings is 2. The third kappa shape index (κ3) is 4.75. The summed E-state index contributed by atoms with van der Waals surface area (Å²) in [6.07, 6.45) is 0.541. The van der Waals surface area contributed by atoms with Crippen molar-refractivity contribution in [2.24, 2.45) is 0 Å². The van der Waals surface area contributed by atoms with Crippen LogP contribution in [0.5, 0.6) is 0 Å². The van der Waals surface area contributed by atoms with Gasteiger partial charge in [0.25, 0.3) is 0 Å². The zero-order valence-electron chi connectivity index (χ0n) is 13.4. The highest BCUT2D eigenvalue weighted by Gasteiger charge is 2.19. The summed E-state index contributed by atoms with van der Waals surface area (Å²) in [5, 5.41) is 0. The molecule has 0 aliphatic heterocycles. The lowest BCUT2D eigenvalue weighted by Crippen LogP contribution is -2.30. The van der Waals surface area contributed by atoms with Crippen LogP contribution in [0.25, 0.3) is 0 Å². The molecule has 0 heterocycles. The van der Waals surface area contributed by atoms with E-state index in [2.05, 4.69) is 9.62 Å². The van der Waals surface area contributed by atoms with Gasteiger partial charge in [0.2, 0.25) is 10.0 Å². The molecule has 0 saturated carbocycles. The van der Waals surface area contributed by atoms with Crippen molar-refractivity contribution in [3.05, 3.63) is 60.2 Å². The molecule has 0 amide bonds. The topological polar surface area (TPSA) is 49.4 Å². The zero-order valence-corrected chi connectivity index (χ0v) is 14.2. The lowest BCUT2D eigenvalue weighted by atomic mass is 10.2. The van der Waals surface area contributed by atoms with E-state index in [-0.39, 0.29) is 6.54 Å². The molecule has 0 radical (unpaired) electrons. The minimum Gasteiger partial charge on any atom is -0.372 e. The van der Waals surface area contributed by atoms with Crippen LogP contribution in [0.15, 0.2) is 53.4 Å². The highest BCUT2D eigenvalue weighted by atomic mass is 32.2. The van der Waals surface area contributed by atoms with E-state index >= 15 is 0 Å². The second kappa shape index (κ2) is 8.21. The summed E-state index contributed by atoms with van der Waals surface area (Å²) in [4.78, 5) is 1.44. The van der Waals surface area contributed by atoms with Crippen molar-refractivity contribution in [2.45, 2.75) is 18.2 Å². The summed E-state index contributed by atoms with van der Waals surface area (Å²) in [6.45, 7) is 3.59. The van der Waals surface area contributed by atoms with Gasteiger partial charge in [-0.1, -0.05) is 18.2 Å². The second-order valence-corrected chi connectivity index (χ2v) is 6.98. The van der Waals surface area contributed by atoms with Crippen molar-refractivity contribution in [2.75, 3.05) is 24.5 Å². The van der Waals surface area contributed by atoms with E-state index in [9.17, 15) is 17.2 Å². The molecule has 0 bridgehead atoms. The van der Waals surface area contributed by atoms with Gasteiger partial charge in [0.15, 0.2) is 0 Å². The van der Waals surface area contributed by atoms with Gasteiger partial charge in [-0.2, -0.15) is 0 Å². The summed E-state index contributed by atoms with van der Waals surface area (Å²) < 4.78 is 53.2. The van der Waals surface area contributed by atoms with Crippen molar-refractivity contribution < 1.29 is 17.2 Å². The molecule has 0 atom stereocenters. The molecule has 0 saturated heterocycles. The van der Waals surface area contributed by atoms with Gasteiger partial charge in [-0.25, -0.2) is 21.9 Å². The Balaban J connectivity index is 1.92. The van der Waals surface area contributed by atoms with E-state index < -0.39 is 26.6 Å². The fourth-order valence-corrected chi connectivity index (χ4v) is 3.51. The van der Waals surface area contributed by atoms with E-state index in [4.69, 9.17) is 0 Å². The number of halogens is 2. The fraction of sp³-hybridized carbons (Fsp3) is 0.294. The monoisotopic (exact) mass is 354 g/mol. The number of anilines is 1. The maximum Gasteiger partial charge on any atom is 0.243 e. The predicted molar refractivity (Wildman–Crippen MR) is 90.5 cm³/mol. The summed E-state index contributed by atoms with van der Waals surface area (Å²) in [7, 11) is -4.07. The van der Waals surface area contributed by atoms with Crippen LogP contribution in [0.2, 0.25) is 0 Å². The lowest BCUT2D eigenvalue weighted by Gasteiger charge is -2.23. The van der Waals surface area contributed by atoms with Crippen LogP contribution < -0.4 is 9.62 Å². The first-order valence-corrected chi connectivity index (χ1v) is 9.17. The average Bonchev–Trinajstić information content (AvgIpc) is 2.58. The molecule has 1 N–H and O–H groups in total. The highest BCUT2D eigenvalue weighted by molar-refractivity contribution is 7.89. The molecule has 2 aromatic carbocycles. The summed E-state index contributed by atoms with van der Waals surface area (Å²) >= 11 is 0. The standard InChI is InChI=1S/C17H20F2N2O2S/c1-2-21(15-7-4-3-5-8-15)12-6-11-20-24(22,23)17-13-14(18)9-10-16(17)19/h3-5,7-10,13,20H,2,6,11-12H2,1H3. The zero-order chi connectivity index (χ0) is 17.6. The van der Waals surface area contributed by atoms with Gasteiger partial charge >= 0.3 is 0 Å². The minimum atomic E-state index is -4.07. The summed E-state index contributed by atoms with van der Waals surface area (Å²) in [5.41, 5.74) is 1.05. The van der Waals surface area contributed by atoms with Crippen molar-refractivity contribution in [3.8, 4) is 0 Å². The third-order valence-corrected chi connectivity index (χ3v) is 5.06.